The van der Waals surface area contributed by atoms with Crippen molar-refractivity contribution in [3.8, 4) is 0 Å². The van der Waals surface area contributed by atoms with Gasteiger partial charge < -0.3 is 15.5 Å². The number of carbonyl (C=O) groups excluding carboxylic acids is 2. The number of rotatable bonds is 4. The van der Waals surface area contributed by atoms with Crippen LogP contribution >= 0.6 is 24.0 Å². The van der Waals surface area contributed by atoms with Gasteiger partial charge in [0, 0.05) is 36.8 Å². The molecule has 0 aromatic heterocycles. The fraction of sp³-hybridized carbons (Fsp3) is 0.474. The number of hydrogen-bond acceptors (Lipinski definition) is 3. The SMILES string of the molecule is Cl.O=C(NCC1=CCNCC1)C1CCCN(C(=O)c2ccc(Cl)cc2)C1. The van der Waals surface area contributed by atoms with Gasteiger partial charge in [-0.2, -0.15) is 0 Å². The highest BCUT2D eigenvalue weighted by Crippen LogP contribution is 2.20. The highest BCUT2D eigenvalue weighted by molar-refractivity contribution is 6.30. The molecule has 2 N–H and O–H groups in total. The van der Waals surface area contributed by atoms with Crippen LogP contribution in [0.15, 0.2) is 35.9 Å². The van der Waals surface area contributed by atoms with Gasteiger partial charge in [0.1, 0.15) is 0 Å². The quantitative estimate of drug-likeness (QED) is 0.767. The van der Waals surface area contributed by atoms with E-state index in [4.69, 9.17) is 11.6 Å². The maximum Gasteiger partial charge on any atom is 0.253 e. The highest BCUT2D eigenvalue weighted by atomic mass is 35.5. The Morgan fingerprint density at radius 1 is 1.27 bits per heavy atom. The van der Waals surface area contributed by atoms with Gasteiger partial charge in [0.15, 0.2) is 0 Å². The zero-order valence-electron chi connectivity index (χ0n) is 14.7. The predicted molar refractivity (Wildman–Crippen MR) is 106 cm³/mol. The summed E-state index contributed by atoms with van der Waals surface area (Å²) in [4.78, 5) is 26.9. The van der Waals surface area contributed by atoms with Gasteiger partial charge in [-0.05, 0) is 50.1 Å². The van der Waals surface area contributed by atoms with Crippen molar-refractivity contribution in [2.24, 2.45) is 5.92 Å². The van der Waals surface area contributed by atoms with Crippen LogP contribution in [0.2, 0.25) is 5.02 Å². The molecule has 2 aliphatic rings. The first-order valence-corrected chi connectivity index (χ1v) is 9.22. The first-order chi connectivity index (χ1) is 12.1. The van der Waals surface area contributed by atoms with Crippen LogP contribution in [0.3, 0.4) is 0 Å². The first kappa shape index (κ1) is 20.7. The number of carbonyl (C=O) groups is 2. The fourth-order valence-corrected chi connectivity index (χ4v) is 3.45. The molecule has 0 radical (unpaired) electrons. The molecule has 2 amide bonds. The molecule has 3 rings (SSSR count). The zero-order valence-corrected chi connectivity index (χ0v) is 16.2. The van der Waals surface area contributed by atoms with Gasteiger partial charge in [0.2, 0.25) is 5.91 Å². The summed E-state index contributed by atoms with van der Waals surface area (Å²) in [5, 5.41) is 6.91. The van der Waals surface area contributed by atoms with Crippen LogP contribution in [0.1, 0.15) is 29.6 Å². The Balaban J connectivity index is 0.00000243. The van der Waals surface area contributed by atoms with Gasteiger partial charge in [-0.3, -0.25) is 9.59 Å². The normalized spacial score (nSPS) is 20.0. The number of likely N-dealkylation sites (tertiary alicyclic amines) is 1. The fourth-order valence-electron chi connectivity index (χ4n) is 3.33. The molecule has 2 heterocycles. The Labute approximate surface area is 165 Å². The molecule has 0 aliphatic carbocycles. The third-order valence-electron chi connectivity index (χ3n) is 4.82. The van der Waals surface area contributed by atoms with Crippen molar-refractivity contribution in [1.82, 2.24) is 15.5 Å². The Morgan fingerprint density at radius 2 is 2.04 bits per heavy atom. The van der Waals surface area contributed by atoms with Crippen molar-refractivity contribution in [3.05, 3.63) is 46.5 Å². The van der Waals surface area contributed by atoms with E-state index in [9.17, 15) is 9.59 Å². The summed E-state index contributed by atoms with van der Waals surface area (Å²) in [6, 6.07) is 6.90. The minimum absolute atomic E-state index is 0. The lowest BCUT2D eigenvalue weighted by Crippen LogP contribution is -2.45. The van der Waals surface area contributed by atoms with E-state index in [-0.39, 0.29) is 30.1 Å². The van der Waals surface area contributed by atoms with E-state index < -0.39 is 0 Å². The molecule has 26 heavy (non-hydrogen) atoms. The van der Waals surface area contributed by atoms with Crippen LogP contribution in [-0.2, 0) is 4.79 Å². The third kappa shape index (κ3) is 5.47. The summed E-state index contributed by atoms with van der Waals surface area (Å²) >= 11 is 5.88. The van der Waals surface area contributed by atoms with Gasteiger partial charge >= 0.3 is 0 Å². The molecule has 0 spiro atoms. The largest absolute Gasteiger partial charge is 0.352 e. The summed E-state index contributed by atoms with van der Waals surface area (Å²) < 4.78 is 0. The van der Waals surface area contributed by atoms with Gasteiger partial charge in [-0.1, -0.05) is 23.3 Å². The van der Waals surface area contributed by atoms with Crippen molar-refractivity contribution in [1.29, 1.82) is 0 Å². The molecule has 0 saturated carbocycles. The molecule has 0 bridgehead atoms. The van der Waals surface area contributed by atoms with Crippen LogP contribution in [0.25, 0.3) is 0 Å². The lowest BCUT2D eigenvalue weighted by Gasteiger charge is -2.32. The summed E-state index contributed by atoms with van der Waals surface area (Å²) in [7, 11) is 0. The monoisotopic (exact) mass is 397 g/mol. The van der Waals surface area contributed by atoms with Crippen molar-refractivity contribution < 1.29 is 9.59 Å². The van der Waals surface area contributed by atoms with E-state index in [1.165, 1.54) is 5.57 Å². The van der Waals surface area contributed by atoms with Gasteiger partial charge in [0.25, 0.3) is 5.91 Å². The molecular weight excluding hydrogens is 373 g/mol. The minimum atomic E-state index is -0.132. The maximum atomic E-state index is 12.6. The molecule has 142 valence electrons. The summed E-state index contributed by atoms with van der Waals surface area (Å²) in [6.07, 6.45) is 4.80. The summed E-state index contributed by atoms with van der Waals surface area (Å²) in [5.74, 6) is -0.115. The van der Waals surface area contributed by atoms with E-state index in [1.54, 1.807) is 29.2 Å². The molecule has 1 fully saturated rings. The van der Waals surface area contributed by atoms with Crippen molar-refractivity contribution in [2.75, 3.05) is 32.7 Å². The van der Waals surface area contributed by atoms with Crippen LogP contribution in [0.4, 0.5) is 0 Å². The Bertz CT molecular complexity index is 661. The predicted octanol–water partition coefficient (Wildman–Crippen LogP) is 2.65. The van der Waals surface area contributed by atoms with E-state index >= 15 is 0 Å². The molecule has 1 atom stereocenters. The summed E-state index contributed by atoms with van der Waals surface area (Å²) in [6.45, 7) is 3.63. The molecule has 7 heteroatoms. The van der Waals surface area contributed by atoms with Crippen LogP contribution in [-0.4, -0.2) is 49.4 Å². The Kier molecular flexibility index (Phi) is 7.94. The van der Waals surface area contributed by atoms with E-state index in [0.29, 0.717) is 30.2 Å². The minimum Gasteiger partial charge on any atom is -0.352 e. The number of nitrogens with one attached hydrogen (secondary N) is 2. The van der Waals surface area contributed by atoms with Gasteiger partial charge in [-0.25, -0.2) is 0 Å². The average molecular weight is 398 g/mol. The number of halogens is 2. The van der Waals surface area contributed by atoms with Gasteiger partial charge in [-0.15, -0.1) is 12.4 Å². The molecule has 1 unspecified atom stereocenters. The lowest BCUT2D eigenvalue weighted by atomic mass is 9.96. The van der Waals surface area contributed by atoms with Crippen molar-refractivity contribution in [2.45, 2.75) is 19.3 Å². The number of nitrogens with zero attached hydrogens (tertiary/aromatic N) is 1. The summed E-state index contributed by atoms with van der Waals surface area (Å²) in [5.41, 5.74) is 1.89. The van der Waals surface area contributed by atoms with Crippen molar-refractivity contribution in [3.63, 3.8) is 0 Å². The van der Waals surface area contributed by atoms with E-state index in [2.05, 4.69) is 16.7 Å². The van der Waals surface area contributed by atoms with Crippen LogP contribution in [0, 0.1) is 5.92 Å². The van der Waals surface area contributed by atoms with Crippen molar-refractivity contribution >= 4 is 35.8 Å². The second-order valence-electron chi connectivity index (χ2n) is 6.63. The standard InChI is InChI=1S/C19H24ClN3O2.ClH/c20-17-5-3-15(4-6-17)19(25)23-11-1-2-16(13-23)18(24)22-12-14-7-9-21-10-8-14;/h3-7,16,21H,1-2,8-13H2,(H,22,24);1H. The molecule has 5 nitrogen and oxygen atoms in total. The Hall–Kier alpha value is -1.56. The number of amides is 2. The lowest BCUT2D eigenvalue weighted by molar-refractivity contribution is -0.126. The zero-order chi connectivity index (χ0) is 17.6. The number of benzene rings is 1. The Morgan fingerprint density at radius 3 is 2.73 bits per heavy atom. The molecule has 1 saturated heterocycles. The number of hydrogen-bond donors (Lipinski definition) is 2. The van der Waals surface area contributed by atoms with E-state index in [0.717, 1.165) is 32.4 Å². The average Bonchev–Trinajstić information content (AvgIpc) is 2.67. The van der Waals surface area contributed by atoms with E-state index in [1.807, 2.05) is 0 Å². The first-order valence-electron chi connectivity index (χ1n) is 8.84. The molecule has 1 aromatic carbocycles. The molecule has 1 aromatic rings. The highest BCUT2D eigenvalue weighted by Gasteiger charge is 2.28. The second-order valence-corrected chi connectivity index (χ2v) is 7.07. The molecular formula is C19H25Cl2N3O2. The topological polar surface area (TPSA) is 61.4 Å². The number of piperidine rings is 1. The van der Waals surface area contributed by atoms with Gasteiger partial charge in [0.05, 0.1) is 5.92 Å². The maximum absolute atomic E-state index is 12.6. The second kappa shape index (κ2) is 9.95. The third-order valence-corrected chi connectivity index (χ3v) is 5.07. The van der Waals surface area contributed by atoms with Crippen LogP contribution in [0.5, 0.6) is 0 Å². The van der Waals surface area contributed by atoms with Crippen LogP contribution < -0.4 is 10.6 Å². The molecule has 2 aliphatic heterocycles. The smallest absolute Gasteiger partial charge is 0.253 e.